The van der Waals surface area contributed by atoms with Gasteiger partial charge in [-0.2, -0.15) is 0 Å². The zero-order chi connectivity index (χ0) is 8.69. The van der Waals surface area contributed by atoms with Gasteiger partial charge in [0.1, 0.15) is 0 Å². The normalized spacial score (nSPS) is 13.1. The summed E-state index contributed by atoms with van der Waals surface area (Å²) in [7, 11) is 0. The topological polar surface area (TPSA) is 0 Å². The molecule has 66 valence electrons. The van der Waals surface area contributed by atoms with E-state index in [4.69, 9.17) is 0 Å². The van der Waals surface area contributed by atoms with Gasteiger partial charge in [-0.15, -0.1) is 0 Å². The van der Waals surface area contributed by atoms with Gasteiger partial charge in [-0.05, 0) is 33.1 Å². The van der Waals surface area contributed by atoms with E-state index in [1.165, 1.54) is 32.1 Å². The molecule has 0 heteroatoms. The van der Waals surface area contributed by atoms with Crippen LogP contribution in [0.15, 0.2) is 11.1 Å². The minimum atomic E-state index is 1.29. The summed E-state index contributed by atoms with van der Waals surface area (Å²) in [6.45, 7) is 9.05. The van der Waals surface area contributed by atoms with E-state index in [0.29, 0.717) is 0 Å². The number of hydrogen-bond acceptors (Lipinski definition) is 0. The molecule has 0 fully saturated rings. The molecule has 0 radical (unpaired) electrons. The Morgan fingerprint density at radius 3 is 1.82 bits per heavy atom. The third kappa shape index (κ3) is 5.06. The van der Waals surface area contributed by atoms with Gasteiger partial charge in [0.2, 0.25) is 0 Å². The molecule has 0 N–H and O–H groups in total. The first kappa shape index (κ1) is 10.7. The van der Waals surface area contributed by atoms with Crippen molar-refractivity contribution in [1.82, 2.24) is 0 Å². The fourth-order valence-electron chi connectivity index (χ4n) is 1.24. The SMILES string of the molecule is CCCCC(C)=C(C)CCC. The standard InChI is InChI=1S/C11H22/c1-5-7-9-11(4)10(3)8-6-2/h5-9H2,1-4H3. The molecule has 0 heterocycles. The van der Waals surface area contributed by atoms with Gasteiger partial charge in [-0.25, -0.2) is 0 Å². The highest BCUT2D eigenvalue weighted by Gasteiger charge is 1.94. The van der Waals surface area contributed by atoms with Crippen molar-refractivity contribution in [2.75, 3.05) is 0 Å². The first-order chi connectivity index (χ1) is 5.22. The summed E-state index contributed by atoms with van der Waals surface area (Å²) in [6.07, 6.45) is 6.55. The van der Waals surface area contributed by atoms with Crippen LogP contribution in [0.1, 0.15) is 59.8 Å². The van der Waals surface area contributed by atoms with E-state index < -0.39 is 0 Å². The number of unbranched alkanes of at least 4 members (excludes halogenated alkanes) is 1. The number of rotatable bonds is 5. The Kier molecular flexibility index (Phi) is 6.30. The molecule has 0 aromatic heterocycles. The first-order valence-corrected chi connectivity index (χ1v) is 4.87. The van der Waals surface area contributed by atoms with E-state index in [2.05, 4.69) is 27.7 Å². The molecule has 0 aromatic rings. The molecule has 0 aliphatic carbocycles. The Hall–Kier alpha value is -0.260. The fourth-order valence-corrected chi connectivity index (χ4v) is 1.24. The molecule has 0 amide bonds. The van der Waals surface area contributed by atoms with Crippen molar-refractivity contribution < 1.29 is 0 Å². The molecule has 0 atom stereocenters. The van der Waals surface area contributed by atoms with Crippen molar-refractivity contribution in [2.45, 2.75) is 59.8 Å². The van der Waals surface area contributed by atoms with Crippen LogP contribution >= 0.6 is 0 Å². The Morgan fingerprint density at radius 1 is 0.818 bits per heavy atom. The van der Waals surface area contributed by atoms with Gasteiger partial charge in [-0.3, -0.25) is 0 Å². The zero-order valence-electron chi connectivity index (χ0n) is 8.54. The average molecular weight is 154 g/mol. The molecule has 0 aliphatic heterocycles. The van der Waals surface area contributed by atoms with Crippen molar-refractivity contribution in [2.24, 2.45) is 0 Å². The molecule has 0 nitrogen and oxygen atoms in total. The van der Waals surface area contributed by atoms with Crippen molar-refractivity contribution in [1.29, 1.82) is 0 Å². The lowest BCUT2D eigenvalue weighted by Gasteiger charge is -2.05. The molecule has 0 aliphatic rings. The summed E-state index contributed by atoms with van der Waals surface area (Å²) in [5.74, 6) is 0. The summed E-state index contributed by atoms with van der Waals surface area (Å²) >= 11 is 0. The maximum Gasteiger partial charge on any atom is -0.0321 e. The van der Waals surface area contributed by atoms with E-state index in [9.17, 15) is 0 Å². The van der Waals surface area contributed by atoms with Gasteiger partial charge >= 0.3 is 0 Å². The summed E-state index contributed by atoms with van der Waals surface area (Å²) in [5.41, 5.74) is 3.23. The molecular weight excluding hydrogens is 132 g/mol. The quantitative estimate of drug-likeness (QED) is 0.517. The first-order valence-electron chi connectivity index (χ1n) is 4.87. The average Bonchev–Trinajstić information content (AvgIpc) is 2.00. The van der Waals surface area contributed by atoms with E-state index in [1.54, 1.807) is 11.1 Å². The summed E-state index contributed by atoms with van der Waals surface area (Å²) < 4.78 is 0. The second kappa shape index (κ2) is 6.45. The molecule has 0 bridgehead atoms. The van der Waals surface area contributed by atoms with Crippen LogP contribution in [0.3, 0.4) is 0 Å². The van der Waals surface area contributed by atoms with Crippen LogP contribution in [0.2, 0.25) is 0 Å². The van der Waals surface area contributed by atoms with Crippen LogP contribution < -0.4 is 0 Å². The van der Waals surface area contributed by atoms with Gasteiger partial charge in [0.05, 0.1) is 0 Å². The van der Waals surface area contributed by atoms with Crippen molar-refractivity contribution >= 4 is 0 Å². The van der Waals surface area contributed by atoms with E-state index in [1.807, 2.05) is 0 Å². The van der Waals surface area contributed by atoms with Crippen molar-refractivity contribution in [3.05, 3.63) is 11.1 Å². The Bertz CT molecular complexity index is 120. The molecule has 0 rings (SSSR count). The van der Waals surface area contributed by atoms with Crippen LogP contribution in [-0.4, -0.2) is 0 Å². The fraction of sp³-hybridized carbons (Fsp3) is 0.818. The molecule has 0 saturated heterocycles. The molecule has 0 unspecified atom stereocenters. The van der Waals surface area contributed by atoms with E-state index in [-0.39, 0.29) is 0 Å². The summed E-state index contributed by atoms with van der Waals surface area (Å²) in [6, 6.07) is 0. The van der Waals surface area contributed by atoms with Crippen molar-refractivity contribution in [3.63, 3.8) is 0 Å². The van der Waals surface area contributed by atoms with E-state index in [0.717, 1.165) is 0 Å². The highest BCUT2D eigenvalue weighted by atomic mass is 14.0. The third-order valence-electron chi connectivity index (χ3n) is 2.26. The smallest absolute Gasteiger partial charge is 0.0321 e. The van der Waals surface area contributed by atoms with Gasteiger partial charge in [0.15, 0.2) is 0 Å². The van der Waals surface area contributed by atoms with Gasteiger partial charge in [0, 0.05) is 0 Å². The van der Waals surface area contributed by atoms with Gasteiger partial charge in [-0.1, -0.05) is 37.8 Å². The van der Waals surface area contributed by atoms with Crippen LogP contribution in [0, 0.1) is 0 Å². The molecule has 0 spiro atoms. The zero-order valence-corrected chi connectivity index (χ0v) is 8.54. The molecular formula is C11H22. The number of hydrogen-bond donors (Lipinski definition) is 0. The Morgan fingerprint density at radius 2 is 1.36 bits per heavy atom. The molecule has 0 aromatic carbocycles. The van der Waals surface area contributed by atoms with E-state index >= 15 is 0 Å². The summed E-state index contributed by atoms with van der Waals surface area (Å²) in [5, 5.41) is 0. The number of allylic oxidation sites excluding steroid dienone is 2. The second-order valence-electron chi connectivity index (χ2n) is 3.41. The maximum atomic E-state index is 2.28. The molecule has 0 saturated carbocycles. The highest BCUT2D eigenvalue weighted by molar-refractivity contribution is 5.08. The largest absolute Gasteiger partial charge is 0.0744 e. The highest BCUT2D eigenvalue weighted by Crippen LogP contribution is 2.15. The summed E-state index contributed by atoms with van der Waals surface area (Å²) in [4.78, 5) is 0. The van der Waals surface area contributed by atoms with Crippen LogP contribution in [0.25, 0.3) is 0 Å². The van der Waals surface area contributed by atoms with Crippen LogP contribution in [0.4, 0.5) is 0 Å². The minimum Gasteiger partial charge on any atom is -0.0744 e. The van der Waals surface area contributed by atoms with Crippen molar-refractivity contribution in [3.8, 4) is 0 Å². The predicted octanol–water partition coefficient (Wildman–Crippen LogP) is 4.31. The maximum absolute atomic E-state index is 2.28. The molecule has 11 heavy (non-hydrogen) atoms. The Balaban J connectivity index is 3.73. The minimum absolute atomic E-state index is 1.29. The lowest BCUT2D eigenvalue weighted by molar-refractivity contribution is 0.767. The Labute approximate surface area is 71.7 Å². The second-order valence-corrected chi connectivity index (χ2v) is 3.41. The van der Waals surface area contributed by atoms with Gasteiger partial charge in [0.25, 0.3) is 0 Å². The third-order valence-corrected chi connectivity index (χ3v) is 2.26. The lowest BCUT2D eigenvalue weighted by atomic mass is 10.0. The monoisotopic (exact) mass is 154 g/mol. The lowest BCUT2D eigenvalue weighted by Crippen LogP contribution is -1.84. The van der Waals surface area contributed by atoms with Gasteiger partial charge < -0.3 is 0 Å². The van der Waals surface area contributed by atoms with Crippen LogP contribution in [-0.2, 0) is 0 Å². The van der Waals surface area contributed by atoms with Crippen LogP contribution in [0.5, 0.6) is 0 Å². The predicted molar refractivity (Wildman–Crippen MR) is 52.8 cm³/mol.